The molecule has 0 aliphatic rings. The van der Waals surface area contributed by atoms with Crippen LogP contribution >= 0.6 is 0 Å². The van der Waals surface area contributed by atoms with E-state index in [-0.39, 0.29) is 5.82 Å². The normalized spacial score (nSPS) is 10.4. The molecule has 0 unspecified atom stereocenters. The van der Waals surface area contributed by atoms with Crippen molar-refractivity contribution in [2.24, 2.45) is 0 Å². The molecule has 3 heteroatoms. The van der Waals surface area contributed by atoms with E-state index >= 15 is 0 Å². The molecule has 1 rings (SSSR count). The number of aryl methyl sites for hydroxylation is 1. The number of nitrogens with one attached hydrogen (secondary N) is 1. The zero-order valence-electron chi connectivity index (χ0n) is 7.93. The zero-order chi connectivity index (χ0) is 9.68. The minimum Gasteiger partial charge on any atom is -0.305 e. The molecule has 72 valence electrons. The smallest absolute Gasteiger partial charge is 0.129 e. The fraction of sp³-hybridized carbons (Fsp3) is 0.400. The highest BCUT2D eigenvalue weighted by atomic mass is 19.1. The minimum atomic E-state index is -0.111. The number of halogens is 1. The number of benzene rings is 1. The second-order valence-electron chi connectivity index (χ2n) is 2.90. The third-order valence-electron chi connectivity index (χ3n) is 1.91. The Labute approximate surface area is 77.7 Å². The van der Waals surface area contributed by atoms with E-state index in [2.05, 4.69) is 10.3 Å². The monoisotopic (exact) mass is 183 g/mol. The van der Waals surface area contributed by atoms with Crippen LogP contribution in [0.15, 0.2) is 18.2 Å². The molecule has 0 spiro atoms. The zero-order valence-corrected chi connectivity index (χ0v) is 7.93. The molecule has 0 heterocycles. The Hall–Kier alpha value is -0.930. The summed E-state index contributed by atoms with van der Waals surface area (Å²) in [6, 6.07) is 5.42. The molecule has 0 aromatic heterocycles. The summed E-state index contributed by atoms with van der Waals surface area (Å²) >= 11 is 0. The molecule has 0 radical (unpaired) electrons. The predicted octanol–water partition coefficient (Wildman–Crippen LogP) is 1.83. The molecular formula is C10H14FNO. The van der Waals surface area contributed by atoms with Crippen molar-refractivity contribution >= 4 is 0 Å². The standard InChI is InChI=1S/C10H14FNO/c1-8-4-3-5-9(10(8)11)6-7-12-13-2/h3-5,12H,6-7H2,1-2H3. The molecule has 0 amide bonds. The third-order valence-corrected chi connectivity index (χ3v) is 1.91. The van der Waals surface area contributed by atoms with Crippen LogP contribution < -0.4 is 5.48 Å². The minimum absolute atomic E-state index is 0.111. The van der Waals surface area contributed by atoms with Gasteiger partial charge in [-0.2, -0.15) is 0 Å². The second kappa shape index (κ2) is 4.94. The van der Waals surface area contributed by atoms with Gasteiger partial charge in [0, 0.05) is 6.54 Å². The fourth-order valence-corrected chi connectivity index (χ4v) is 1.19. The molecule has 0 bridgehead atoms. The van der Waals surface area contributed by atoms with Crippen LogP contribution in [0.1, 0.15) is 11.1 Å². The molecule has 0 saturated heterocycles. The van der Waals surface area contributed by atoms with Gasteiger partial charge in [-0.1, -0.05) is 18.2 Å². The number of hydroxylamine groups is 1. The topological polar surface area (TPSA) is 21.3 Å². The summed E-state index contributed by atoms with van der Waals surface area (Å²) in [4.78, 5) is 4.66. The number of rotatable bonds is 4. The summed E-state index contributed by atoms with van der Waals surface area (Å²) in [5.74, 6) is -0.111. The Morgan fingerprint density at radius 1 is 1.46 bits per heavy atom. The molecule has 2 nitrogen and oxygen atoms in total. The molecular weight excluding hydrogens is 169 g/mol. The van der Waals surface area contributed by atoms with Crippen molar-refractivity contribution in [3.05, 3.63) is 35.1 Å². The van der Waals surface area contributed by atoms with Gasteiger partial charge in [0.25, 0.3) is 0 Å². The first kappa shape index (κ1) is 10.2. The summed E-state index contributed by atoms with van der Waals surface area (Å²) in [6.07, 6.45) is 0.640. The van der Waals surface area contributed by atoms with Crippen molar-refractivity contribution in [2.75, 3.05) is 13.7 Å². The molecule has 1 N–H and O–H groups in total. The van der Waals surface area contributed by atoms with Crippen molar-refractivity contribution in [1.82, 2.24) is 5.48 Å². The maximum atomic E-state index is 13.4. The number of hydrogen-bond donors (Lipinski definition) is 1. The van der Waals surface area contributed by atoms with Gasteiger partial charge >= 0.3 is 0 Å². The van der Waals surface area contributed by atoms with Gasteiger partial charge in [-0.25, -0.2) is 9.87 Å². The highest BCUT2D eigenvalue weighted by Gasteiger charge is 2.03. The van der Waals surface area contributed by atoms with Gasteiger partial charge in [-0.3, -0.25) is 0 Å². The van der Waals surface area contributed by atoms with Crippen LogP contribution in [0.3, 0.4) is 0 Å². The highest BCUT2D eigenvalue weighted by molar-refractivity contribution is 5.24. The van der Waals surface area contributed by atoms with E-state index in [1.807, 2.05) is 6.07 Å². The lowest BCUT2D eigenvalue weighted by Gasteiger charge is -2.05. The maximum Gasteiger partial charge on any atom is 0.129 e. The van der Waals surface area contributed by atoms with Gasteiger partial charge in [0.05, 0.1) is 7.11 Å². The van der Waals surface area contributed by atoms with Crippen LogP contribution in [0.25, 0.3) is 0 Å². The van der Waals surface area contributed by atoms with Gasteiger partial charge in [0.2, 0.25) is 0 Å². The maximum absolute atomic E-state index is 13.4. The molecule has 0 aliphatic carbocycles. The second-order valence-corrected chi connectivity index (χ2v) is 2.90. The lowest BCUT2D eigenvalue weighted by atomic mass is 10.1. The Morgan fingerprint density at radius 3 is 2.92 bits per heavy atom. The van der Waals surface area contributed by atoms with Gasteiger partial charge in [0.1, 0.15) is 5.82 Å². The average molecular weight is 183 g/mol. The highest BCUT2D eigenvalue weighted by Crippen LogP contribution is 2.11. The van der Waals surface area contributed by atoms with Crippen molar-refractivity contribution < 1.29 is 9.23 Å². The van der Waals surface area contributed by atoms with Crippen molar-refractivity contribution in [3.63, 3.8) is 0 Å². The van der Waals surface area contributed by atoms with E-state index in [4.69, 9.17) is 0 Å². The Kier molecular flexibility index (Phi) is 3.86. The summed E-state index contributed by atoms with van der Waals surface area (Å²) in [5, 5.41) is 0. The Balaban J connectivity index is 2.61. The predicted molar refractivity (Wildman–Crippen MR) is 49.9 cm³/mol. The van der Waals surface area contributed by atoms with E-state index in [1.54, 1.807) is 26.2 Å². The quantitative estimate of drug-likeness (QED) is 0.568. The van der Waals surface area contributed by atoms with Crippen molar-refractivity contribution in [3.8, 4) is 0 Å². The first-order chi connectivity index (χ1) is 6.25. The third kappa shape index (κ3) is 2.79. The summed E-state index contributed by atoms with van der Waals surface area (Å²) in [5.41, 5.74) is 4.09. The van der Waals surface area contributed by atoms with Crippen LogP contribution in [0.4, 0.5) is 4.39 Å². The molecule has 13 heavy (non-hydrogen) atoms. The van der Waals surface area contributed by atoms with E-state index in [1.165, 1.54) is 0 Å². The van der Waals surface area contributed by atoms with E-state index in [0.29, 0.717) is 18.5 Å². The van der Waals surface area contributed by atoms with Gasteiger partial charge in [-0.05, 0) is 24.5 Å². The van der Waals surface area contributed by atoms with E-state index < -0.39 is 0 Å². The first-order valence-corrected chi connectivity index (χ1v) is 4.25. The Bertz CT molecular complexity index is 276. The van der Waals surface area contributed by atoms with Gasteiger partial charge in [-0.15, -0.1) is 0 Å². The molecule has 0 fully saturated rings. The lowest BCUT2D eigenvalue weighted by Crippen LogP contribution is -2.15. The molecule has 0 atom stereocenters. The number of hydrogen-bond acceptors (Lipinski definition) is 2. The lowest BCUT2D eigenvalue weighted by molar-refractivity contribution is 0.0926. The largest absolute Gasteiger partial charge is 0.305 e. The summed E-state index contributed by atoms with van der Waals surface area (Å²) in [7, 11) is 1.55. The van der Waals surface area contributed by atoms with Gasteiger partial charge < -0.3 is 4.84 Å². The summed E-state index contributed by atoms with van der Waals surface area (Å²) < 4.78 is 13.4. The van der Waals surface area contributed by atoms with Gasteiger partial charge in [0.15, 0.2) is 0 Å². The molecule has 1 aromatic carbocycles. The molecule has 0 saturated carbocycles. The van der Waals surface area contributed by atoms with E-state index in [9.17, 15) is 4.39 Å². The van der Waals surface area contributed by atoms with Crippen LogP contribution in [0, 0.1) is 12.7 Å². The summed E-state index contributed by atoms with van der Waals surface area (Å²) in [6.45, 7) is 2.39. The SMILES string of the molecule is CONCCc1cccc(C)c1F. The fourth-order valence-electron chi connectivity index (χ4n) is 1.19. The first-order valence-electron chi connectivity index (χ1n) is 4.25. The van der Waals surface area contributed by atoms with Crippen LogP contribution in [-0.2, 0) is 11.3 Å². The Morgan fingerprint density at radius 2 is 2.23 bits per heavy atom. The van der Waals surface area contributed by atoms with Crippen LogP contribution in [0.5, 0.6) is 0 Å². The van der Waals surface area contributed by atoms with Crippen molar-refractivity contribution in [2.45, 2.75) is 13.3 Å². The van der Waals surface area contributed by atoms with Crippen LogP contribution in [0.2, 0.25) is 0 Å². The van der Waals surface area contributed by atoms with Crippen LogP contribution in [-0.4, -0.2) is 13.7 Å². The van der Waals surface area contributed by atoms with E-state index in [0.717, 1.165) is 5.56 Å². The molecule has 0 aliphatic heterocycles. The average Bonchev–Trinajstić information content (AvgIpc) is 2.13. The van der Waals surface area contributed by atoms with Crippen molar-refractivity contribution in [1.29, 1.82) is 0 Å². The molecule has 1 aromatic rings.